The molecule has 1 aliphatic rings. The minimum absolute atomic E-state index is 0.0114. The van der Waals surface area contributed by atoms with E-state index in [0.29, 0.717) is 5.75 Å². The molecule has 0 bridgehead atoms. The fourth-order valence-electron chi connectivity index (χ4n) is 5.56. The molecule has 1 unspecified atom stereocenters. The normalized spacial score (nSPS) is 14.6. The molecule has 202 valence electrons. The number of benzene rings is 3. The van der Waals surface area contributed by atoms with Gasteiger partial charge in [-0.15, -0.1) is 0 Å². The molecular formula is C32H34FN3O3. The maximum atomic E-state index is 15.3. The second-order valence-electron chi connectivity index (χ2n) is 10.1. The first kappa shape index (κ1) is 26.5. The molecule has 6 nitrogen and oxygen atoms in total. The van der Waals surface area contributed by atoms with E-state index in [1.807, 2.05) is 54.7 Å². The van der Waals surface area contributed by atoms with Crippen LogP contribution in [0.2, 0.25) is 0 Å². The van der Waals surface area contributed by atoms with Gasteiger partial charge < -0.3 is 19.9 Å². The number of hydrogen-bond acceptors (Lipinski definition) is 3. The molecule has 0 saturated heterocycles. The first-order valence-electron chi connectivity index (χ1n) is 13.6. The molecule has 1 heterocycles. The summed E-state index contributed by atoms with van der Waals surface area (Å²) in [5.74, 6) is -0.569. The lowest BCUT2D eigenvalue weighted by Gasteiger charge is -2.34. The third-order valence-electron chi connectivity index (χ3n) is 7.58. The lowest BCUT2D eigenvalue weighted by atomic mass is 9.94. The van der Waals surface area contributed by atoms with E-state index in [9.17, 15) is 9.59 Å². The van der Waals surface area contributed by atoms with Crippen molar-refractivity contribution in [3.8, 4) is 5.75 Å². The van der Waals surface area contributed by atoms with Crippen LogP contribution in [0, 0.1) is 5.82 Å². The molecule has 4 aromatic rings. The number of halogens is 1. The van der Waals surface area contributed by atoms with Crippen molar-refractivity contribution >= 4 is 22.7 Å². The van der Waals surface area contributed by atoms with Gasteiger partial charge in [0.05, 0.1) is 20.1 Å². The average molecular weight is 528 g/mol. The zero-order chi connectivity index (χ0) is 27.2. The van der Waals surface area contributed by atoms with Crippen molar-refractivity contribution in [2.24, 2.45) is 0 Å². The topological polar surface area (TPSA) is 74.4 Å². The fraction of sp³-hybridized carbons (Fsp3) is 0.312. The maximum Gasteiger partial charge on any atom is 0.247 e. The number of ether oxygens (including phenoxy) is 1. The quantitative estimate of drug-likeness (QED) is 0.277. The van der Waals surface area contributed by atoms with Gasteiger partial charge in [0.25, 0.3) is 0 Å². The third-order valence-corrected chi connectivity index (χ3v) is 7.58. The second-order valence-corrected chi connectivity index (χ2v) is 10.1. The summed E-state index contributed by atoms with van der Waals surface area (Å²) in [6, 6.07) is 20.3. The molecule has 1 atom stereocenters. The Kier molecular flexibility index (Phi) is 8.25. The Hall–Kier alpha value is -4.13. The number of aromatic amines is 1. The smallest absolute Gasteiger partial charge is 0.247 e. The van der Waals surface area contributed by atoms with E-state index < -0.39 is 11.9 Å². The number of nitrogens with zero attached hydrogens (tertiary/aromatic N) is 1. The Morgan fingerprint density at radius 2 is 1.69 bits per heavy atom. The average Bonchev–Trinajstić information content (AvgIpc) is 3.37. The summed E-state index contributed by atoms with van der Waals surface area (Å²) < 4.78 is 20.9. The van der Waals surface area contributed by atoms with Crippen molar-refractivity contribution < 1.29 is 18.7 Å². The number of amides is 2. The molecule has 3 aromatic carbocycles. The van der Waals surface area contributed by atoms with E-state index in [1.54, 1.807) is 25.3 Å². The van der Waals surface area contributed by atoms with Crippen molar-refractivity contribution in [1.29, 1.82) is 0 Å². The molecule has 1 aliphatic carbocycles. The van der Waals surface area contributed by atoms with Gasteiger partial charge in [-0.2, -0.15) is 0 Å². The molecule has 1 fully saturated rings. The van der Waals surface area contributed by atoms with Crippen LogP contribution in [-0.2, 0) is 22.6 Å². The Morgan fingerprint density at radius 1 is 0.974 bits per heavy atom. The van der Waals surface area contributed by atoms with Crippen molar-refractivity contribution in [1.82, 2.24) is 15.2 Å². The number of carbonyl (C=O) groups excluding carboxylic acids is 2. The molecule has 39 heavy (non-hydrogen) atoms. The monoisotopic (exact) mass is 527 g/mol. The number of nitrogens with one attached hydrogen (secondary N) is 2. The largest absolute Gasteiger partial charge is 0.496 e. The van der Waals surface area contributed by atoms with Crippen LogP contribution in [0.25, 0.3) is 10.9 Å². The minimum Gasteiger partial charge on any atom is -0.496 e. The molecule has 1 aromatic heterocycles. The van der Waals surface area contributed by atoms with E-state index in [-0.39, 0.29) is 36.4 Å². The molecule has 2 amide bonds. The van der Waals surface area contributed by atoms with Crippen LogP contribution in [0.1, 0.15) is 54.8 Å². The maximum absolute atomic E-state index is 15.3. The van der Waals surface area contributed by atoms with E-state index in [2.05, 4.69) is 10.3 Å². The predicted molar refractivity (Wildman–Crippen MR) is 150 cm³/mol. The lowest BCUT2D eigenvalue weighted by Crippen LogP contribution is -2.47. The van der Waals surface area contributed by atoms with Gasteiger partial charge in [0.15, 0.2) is 0 Å². The number of hydrogen-bond donors (Lipinski definition) is 2. The van der Waals surface area contributed by atoms with Crippen molar-refractivity contribution in [3.63, 3.8) is 0 Å². The highest BCUT2D eigenvalue weighted by molar-refractivity contribution is 5.92. The van der Waals surface area contributed by atoms with Gasteiger partial charge >= 0.3 is 0 Å². The summed E-state index contributed by atoms with van der Waals surface area (Å²) in [6.45, 7) is 0.0856. The van der Waals surface area contributed by atoms with Crippen molar-refractivity contribution in [3.05, 3.63) is 102 Å². The van der Waals surface area contributed by atoms with E-state index in [4.69, 9.17) is 4.74 Å². The Morgan fingerprint density at radius 3 is 2.49 bits per heavy atom. The number of aromatic nitrogens is 1. The zero-order valence-electron chi connectivity index (χ0n) is 22.2. The van der Waals surface area contributed by atoms with Crippen LogP contribution >= 0.6 is 0 Å². The molecular weight excluding hydrogens is 493 g/mol. The van der Waals surface area contributed by atoms with Gasteiger partial charge in [-0.25, -0.2) is 4.39 Å². The summed E-state index contributed by atoms with van der Waals surface area (Å²) in [5.41, 5.74) is 2.66. The van der Waals surface area contributed by atoms with Gasteiger partial charge in [0.1, 0.15) is 17.6 Å². The third kappa shape index (κ3) is 5.98. The Bertz CT molecular complexity index is 1440. The van der Waals surface area contributed by atoms with Gasteiger partial charge in [0.2, 0.25) is 11.8 Å². The Labute approximate surface area is 228 Å². The molecule has 0 aliphatic heterocycles. The highest BCUT2D eigenvalue weighted by atomic mass is 19.1. The number of carbonyl (C=O) groups is 2. The molecule has 0 radical (unpaired) electrons. The fourth-order valence-corrected chi connectivity index (χ4v) is 5.56. The highest BCUT2D eigenvalue weighted by Gasteiger charge is 2.35. The van der Waals surface area contributed by atoms with Crippen LogP contribution in [-0.4, -0.2) is 34.8 Å². The lowest BCUT2D eigenvalue weighted by molar-refractivity contribution is -0.141. The highest BCUT2D eigenvalue weighted by Crippen LogP contribution is 2.31. The first-order valence-corrected chi connectivity index (χ1v) is 13.6. The van der Waals surface area contributed by atoms with Crippen LogP contribution in [0.3, 0.4) is 0 Å². The molecule has 5 rings (SSSR count). The summed E-state index contributed by atoms with van der Waals surface area (Å²) in [6.07, 6.45) is 6.87. The predicted octanol–water partition coefficient (Wildman–Crippen LogP) is 6.08. The number of methoxy groups -OCH3 is 1. The minimum atomic E-state index is -1.14. The number of rotatable bonds is 9. The standard InChI is InChI=1S/C32H34FN3O3/c1-39-29-18-10-5-11-22(29)21-36(30(37)19-23-20-34-28-17-9-7-14-25(23)28)31(26-15-6-8-16-27(26)33)32(38)35-24-12-3-2-4-13-24/h5-11,14-18,20,24,31,34H,2-4,12-13,19,21H2,1H3,(H,35,38). The van der Waals surface area contributed by atoms with Crippen molar-refractivity contribution in [2.75, 3.05) is 7.11 Å². The molecule has 7 heteroatoms. The zero-order valence-corrected chi connectivity index (χ0v) is 22.2. The molecule has 1 saturated carbocycles. The van der Waals surface area contributed by atoms with E-state index in [0.717, 1.165) is 54.1 Å². The van der Waals surface area contributed by atoms with Crippen LogP contribution in [0.15, 0.2) is 79.0 Å². The molecule has 0 spiro atoms. The van der Waals surface area contributed by atoms with Gasteiger partial charge in [-0.3, -0.25) is 9.59 Å². The van der Waals surface area contributed by atoms with Crippen LogP contribution in [0.4, 0.5) is 4.39 Å². The summed E-state index contributed by atoms with van der Waals surface area (Å²) in [5, 5.41) is 4.09. The second kappa shape index (κ2) is 12.2. The van der Waals surface area contributed by atoms with Crippen molar-refractivity contribution in [2.45, 2.75) is 57.2 Å². The van der Waals surface area contributed by atoms with Gasteiger partial charge in [-0.05, 0) is 36.6 Å². The SMILES string of the molecule is COc1ccccc1CN(C(=O)Cc1c[nH]c2ccccc12)C(C(=O)NC1CCCCC1)c1ccccc1F. The molecule has 2 N–H and O–H groups in total. The Balaban J connectivity index is 1.55. The number of fused-ring (bicyclic) bond motifs is 1. The summed E-state index contributed by atoms with van der Waals surface area (Å²) in [7, 11) is 1.57. The number of para-hydroxylation sites is 2. The number of H-pyrrole nitrogens is 1. The van der Waals surface area contributed by atoms with Gasteiger partial charge in [0, 0.05) is 34.3 Å². The summed E-state index contributed by atoms with van der Waals surface area (Å²) in [4.78, 5) is 32.8. The summed E-state index contributed by atoms with van der Waals surface area (Å²) >= 11 is 0. The van der Waals surface area contributed by atoms with E-state index >= 15 is 4.39 Å². The first-order chi connectivity index (χ1) is 19.0. The van der Waals surface area contributed by atoms with Crippen LogP contribution in [0.5, 0.6) is 5.75 Å². The van der Waals surface area contributed by atoms with E-state index in [1.165, 1.54) is 11.0 Å². The van der Waals surface area contributed by atoms with Crippen LogP contribution < -0.4 is 10.1 Å². The van der Waals surface area contributed by atoms with Gasteiger partial charge in [-0.1, -0.05) is 73.9 Å².